The predicted molar refractivity (Wildman–Crippen MR) is 80.4 cm³/mol. The Kier molecular flexibility index (Phi) is 4.57. The summed E-state index contributed by atoms with van der Waals surface area (Å²) in [6, 6.07) is 2.00. The van der Waals surface area contributed by atoms with E-state index in [4.69, 9.17) is 5.84 Å². The van der Waals surface area contributed by atoms with Gasteiger partial charge in [-0.3, -0.25) is 0 Å². The predicted octanol–water partition coefficient (Wildman–Crippen LogP) is 3.11. The Morgan fingerprint density at radius 1 is 1.33 bits per heavy atom. The van der Waals surface area contributed by atoms with Crippen molar-refractivity contribution in [2.45, 2.75) is 31.2 Å². The molecule has 1 aromatic rings. The first kappa shape index (κ1) is 16.2. The highest BCUT2D eigenvalue weighted by molar-refractivity contribution is 8.00. The van der Waals surface area contributed by atoms with Gasteiger partial charge < -0.3 is 10.3 Å². The standard InChI is InChI=1S/C13H19F3N4S/c1-12(2)3-4-20(5-6-21-12)11-8-9(13(14,15)16)7-10(18-11)19-17/h7-8H,3-6,17H2,1-2H3,(H,18,19). The Bertz CT molecular complexity index is 505. The molecule has 0 radical (unpaired) electrons. The Hall–Kier alpha value is -1.15. The Morgan fingerprint density at radius 2 is 2.05 bits per heavy atom. The van der Waals surface area contributed by atoms with Gasteiger partial charge in [0.2, 0.25) is 0 Å². The van der Waals surface area contributed by atoms with Crippen LogP contribution in [0.15, 0.2) is 12.1 Å². The molecule has 21 heavy (non-hydrogen) atoms. The van der Waals surface area contributed by atoms with E-state index in [0.717, 1.165) is 24.3 Å². The third-order valence-corrected chi connectivity index (χ3v) is 4.82. The summed E-state index contributed by atoms with van der Waals surface area (Å²) in [5.41, 5.74) is 1.47. The minimum atomic E-state index is -4.41. The van der Waals surface area contributed by atoms with Crippen molar-refractivity contribution in [3.8, 4) is 0 Å². The fraction of sp³-hybridized carbons (Fsp3) is 0.615. The van der Waals surface area contributed by atoms with Crippen molar-refractivity contribution in [1.82, 2.24) is 4.98 Å². The number of thioether (sulfide) groups is 1. The average Bonchev–Trinajstić information content (AvgIpc) is 2.58. The van der Waals surface area contributed by atoms with Gasteiger partial charge in [-0.1, -0.05) is 13.8 Å². The smallest absolute Gasteiger partial charge is 0.356 e. The van der Waals surface area contributed by atoms with Gasteiger partial charge in [-0.15, -0.1) is 0 Å². The van der Waals surface area contributed by atoms with Gasteiger partial charge in [-0.25, -0.2) is 10.8 Å². The van der Waals surface area contributed by atoms with Gasteiger partial charge in [0.1, 0.15) is 11.6 Å². The van der Waals surface area contributed by atoms with Crippen molar-refractivity contribution in [3.63, 3.8) is 0 Å². The summed E-state index contributed by atoms with van der Waals surface area (Å²) < 4.78 is 38.9. The van der Waals surface area contributed by atoms with Crippen molar-refractivity contribution in [1.29, 1.82) is 0 Å². The number of rotatable bonds is 2. The van der Waals surface area contributed by atoms with Crippen LogP contribution in [0.4, 0.5) is 24.8 Å². The number of alkyl halides is 3. The molecule has 2 rings (SSSR count). The highest BCUT2D eigenvalue weighted by Gasteiger charge is 2.33. The molecule has 1 aromatic heterocycles. The van der Waals surface area contributed by atoms with E-state index in [1.54, 1.807) is 0 Å². The number of nitrogens with two attached hydrogens (primary N) is 1. The van der Waals surface area contributed by atoms with Crippen LogP contribution in [0.5, 0.6) is 0 Å². The molecule has 0 amide bonds. The fourth-order valence-corrected chi connectivity index (χ4v) is 3.26. The quantitative estimate of drug-likeness (QED) is 0.648. The molecule has 0 atom stereocenters. The molecule has 1 fully saturated rings. The highest BCUT2D eigenvalue weighted by atomic mass is 32.2. The zero-order valence-corrected chi connectivity index (χ0v) is 12.8. The summed E-state index contributed by atoms with van der Waals surface area (Å²) in [7, 11) is 0. The number of pyridine rings is 1. The van der Waals surface area contributed by atoms with Crippen LogP contribution in [0.25, 0.3) is 0 Å². The summed E-state index contributed by atoms with van der Waals surface area (Å²) >= 11 is 1.83. The first-order valence-electron chi connectivity index (χ1n) is 6.66. The molecule has 1 aliphatic heterocycles. The number of nitrogens with one attached hydrogen (secondary N) is 1. The van der Waals surface area contributed by atoms with Crippen molar-refractivity contribution >= 4 is 23.4 Å². The topological polar surface area (TPSA) is 54.2 Å². The molecule has 1 aliphatic rings. The number of aromatic nitrogens is 1. The van der Waals surface area contributed by atoms with Gasteiger partial charge in [0.25, 0.3) is 0 Å². The van der Waals surface area contributed by atoms with E-state index in [0.29, 0.717) is 18.9 Å². The van der Waals surface area contributed by atoms with Crippen LogP contribution < -0.4 is 16.2 Å². The van der Waals surface area contributed by atoms with Gasteiger partial charge in [0.15, 0.2) is 0 Å². The van der Waals surface area contributed by atoms with Crippen LogP contribution in [0.3, 0.4) is 0 Å². The number of nitrogens with zero attached hydrogens (tertiary/aromatic N) is 2. The van der Waals surface area contributed by atoms with Crippen LogP contribution in [0.1, 0.15) is 25.8 Å². The molecular formula is C13H19F3N4S. The highest BCUT2D eigenvalue weighted by Crippen LogP contribution is 2.35. The normalized spacial score (nSPS) is 19.2. The van der Waals surface area contributed by atoms with E-state index in [1.807, 2.05) is 16.7 Å². The average molecular weight is 320 g/mol. The Balaban J connectivity index is 2.30. The molecule has 2 heterocycles. The van der Waals surface area contributed by atoms with Gasteiger partial charge in [-0.05, 0) is 18.6 Å². The third-order valence-electron chi connectivity index (χ3n) is 3.45. The number of hydrogen-bond donors (Lipinski definition) is 2. The van der Waals surface area contributed by atoms with Crippen molar-refractivity contribution in [2.24, 2.45) is 5.84 Å². The molecule has 8 heteroatoms. The van der Waals surface area contributed by atoms with Gasteiger partial charge >= 0.3 is 6.18 Å². The molecule has 118 valence electrons. The third kappa shape index (κ3) is 4.16. The summed E-state index contributed by atoms with van der Waals surface area (Å²) in [6.45, 7) is 5.64. The van der Waals surface area contributed by atoms with Crippen molar-refractivity contribution < 1.29 is 13.2 Å². The summed E-state index contributed by atoms with van der Waals surface area (Å²) in [5.74, 6) is 6.43. The maximum Gasteiger partial charge on any atom is 0.416 e. The molecule has 0 aliphatic carbocycles. The van der Waals surface area contributed by atoms with Crippen LogP contribution >= 0.6 is 11.8 Å². The number of nitrogen functional groups attached to an aromatic ring is 1. The second kappa shape index (κ2) is 5.92. The van der Waals surface area contributed by atoms with E-state index < -0.39 is 11.7 Å². The monoisotopic (exact) mass is 320 g/mol. The SMILES string of the molecule is CC1(C)CCN(c2cc(C(F)(F)F)cc(NN)n2)CCS1. The van der Waals surface area contributed by atoms with E-state index in [2.05, 4.69) is 24.3 Å². The van der Waals surface area contributed by atoms with Crippen molar-refractivity contribution in [2.75, 3.05) is 29.2 Å². The maximum absolute atomic E-state index is 12.9. The largest absolute Gasteiger partial charge is 0.416 e. The first-order chi connectivity index (χ1) is 9.71. The number of hydrogen-bond acceptors (Lipinski definition) is 5. The molecule has 0 aromatic carbocycles. The minimum Gasteiger partial charge on any atom is -0.356 e. The molecule has 1 saturated heterocycles. The van der Waals surface area contributed by atoms with E-state index >= 15 is 0 Å². The lowest BCUT2D eigenvalue weighted by Gasteiger charge is -2.24. The van der Waals surface area contributed by atoms with Crippen LogP contribution in [0.2, 0.25) is 0 Å². The maximum atomic E-state index is 12.9. The lowest BCUT2D eigenvalue weighted by atomic mass is 10.1. The molecule has 0 saturated carbocycles. The Morgan fingerprint density at radius 3 is 2.67 bits per heavy atom. The van der Waals surface area contributed by atoms with E-state index in [-0.39, 0.29) is 10.6 Å². The first-order valence-corrected chi connectivity index (χ1v) is 7.65. The second-order valence-electron chi connectivity index (χ2n) is 5.59. The molecule has 0 unspecified atom stereocenters. The molecule has 0 bridgehead atoms. The number of anilines is 2. The number of hydrazine groups is 1. The summed E-state index contributed by atoms with van der Waals surface area (Å²) in [4.78, 5) is 6.05. The Labute approximate surface area is 126 Å². The van der Waals surface area contributed by atoms with Crippen LogP contribution in [0, 0.1) is 0 Å². The van der Waals surface area contributed by atoms with E-state index in [9.17, 15) is 13.2 Å². The summed E-state index contributed by atoms with van der Waals surface area (Å²) in [6.07, 6.45) is -3.52. The second-order valence-corrected chi connectivity index (χ2v) is 7.39. The molecule has 4 nitrogen and oxygen atoms in total. The fourth-order valence-electron chi connectivity index (χ4n) is 2.17. The van der Waals surface area contributed by atoms with Crippen molar-refractivity contribution in [3.05, 3.63) is 17.7 Å². The van der Waals surface area contributed by atoms with Gasteiger partial charge in [0.05, 0.1) is 5.56 Å². The lowest BCUT2D eigenvalue weighted by molar-refractivity contribution is -0.137. The zero-order valence-electron chi connectivity index (χ0n) is 12.0. The van der Waals surface area contributed by atoms with E-state index in [1.165, 1.54) is 0 Å². The summed E-state index contributed by atoms with van der Waals surface area (Å²) in [5, 5.41) is 0. The zero-order chi connectivity index (χ0) is 15.7. The molecular weight excluding hydrogens is 301 g/mol. The van der Waals surface area contributed by atoms with Gasteiger partial charge in [-0.2, -0.15) is 24.9 Å². The molecule has 3 N–H and O–H groups in total. The van der Waals surface area contributed by atoms with Crippen LogP contribution in [-0.2, 0) is 6.18 Å². The van der Waals surface area contributed by atoms with Crippen LogP contribution in [-0.4, -0.2) is 28.6 Å². The minimum absolute atomic E-state index is 0.0241. The lowest BCUT2D eigenvalue weighted by Crippen LogP contribution is -2.28. The molecule has 0 spiro atoms. The van der Waals surface area contributed by atoms with Gasteiger partial charge in [0, 0.05) is 23.6 Å². The number of halogens is 3.